The number of carbonyl (C=O) groups is 2. The molecule has 1 fully saturated rings. The second-order valence-electron chi connectivity index (χ2n) is 5.36. The van der Waals surface area contributed by atoms with E-state index in [0.29, 0.717) is 28.9 Å². The van der Waals surface area contributed by atoms with Gasteiger partial charge in [0.25, 0.3) is 5.91 Å². The van der Waals surface area contributed by atoms with E-state index in [1.54, 1.807) is 30.0 Å². The molecule has 1 aromatic rings. The number of halogens is 2. The van der Waals surface area contributed by atoms with Crippen LogP contribution in [0.15, 0.2) is 18.2 Å². The summed E-state index contributed by atoms with van der Waals surface area (Å²) in [6.07, 6.45) is 0.774. The molecule has 0 aliphatic carbocycles. The van der Waals surface area contributed by atoms with Crippen LogP contribution in [0.25, 0.3) is 0 Å². The number of hydrogen-bond donors (Lipinski definition) is 1. The highest BCUT2D eigenvalue weighted by molar-refractivity contribution is 6.35. The van der Waals surface area contributed by atoms with E-state index in [2.05, 4.69) is 0 Å². The molecule has 0 saturated carbocycles. The number of piperidine rings is 1. The number of nitrogens with two attached hydrogens (primary N) is 1. The number of likely N-dealkylation sites (tertiary alicyclic amines) is 1. The van der Waals surface area contributed by atoms with Gasteiger partial charge in [-0.15, -0.1) is 0 Å². The fourth-order valence-electron chi connectivity index (χ4n) is 2.48. The fourth-order valence-corrected chi connectivity index (χ4v) is 2.93. The zero-order valence-electron chi connectivity index (χ0n) is 12.2. The Labute approximate surface area is 139 Å². The predicted molar refractivity (Wildman–Crippen MR) is 85.1 cm³/mol. The minimum atomic E-state index is -0.703. The molecule has 120 valence electrons. The van der Waals surface area contributed by atoms with Crippen LogP contribution in [-0.4, -0.2) is 35.9 Å². The molecule has 22 heavy (non-hydrogen) atoms. The zero-order chi connectivity index (χ0) is 16.3. The lowest BCUT2D eigenvalue weighted by atomic mass is 9.97. The van der Waals surface area contributed by atoms with Crippen molar-refractivity contribution in [2.75, 3.05) is 13.1 Å². The third-order valence-electron chi connectivity index (χ3n) is 3.68. The van der Waals surface area contributed by atoms with Gasteiger partial charge < -0.3 is 15.4 Å². The van der Waals surface area contributed by atoms with E-state index in [1.807, 2.05) is 0 Å². The number of hydrogen-bond acceptors (Lipinski definition) is 3. The van der Waals surface area contributed by atoms with Gasteiger partial charge in [0.05, 0.1) is 10.9 Å². The smallest absolute Gasteiger partial charge is 0.263 e. The summed E-state index contributed by atoms with van der Waals surface area (Å²) in [6.45, 7) is 2.60. The van der Waals surface area contributed by atoms with Crippen LogP contribution in [0.1, 0.15) is 19.8 Å². The van der Waals surface area contributed by atoms with E-state index in [9.17, 15) is 9.59 Å². The molecule has 0 spiro atoms. The molecule has 2 unspecified atom stereocenters. The maximum atomic E-state index is 12.4. The second-order valence-corrected chi connectivity index (χ2v) is 6.20. The molecule has 1 aromatic carbocycles. The van der Waals surface area contributed by atoms with Crippen molar-refractivity contribution in [2.24, 2.45) is 11.7 Å². The molecule has 1 aliphatic heterocycles. The first-order valence-corrected chi connectivity index (χ1v) is 7.84. The lowest BCUT2D eigenvalue weighted by Gasteiger charge is -2.33. The van der Waals surface area contributed by atoms with Crippen LogP contribution in [0.3, 0.4) is 0 Å². The Kier molecular flexibility index (Phi) is 5.53. The van der Waals surface area contributed by atoms with Crippen molar-refractivity contribution in [2.45, 2.75) is 25.9 Å². The summed E-state index contributed by atoms with van der Waals surface area (Å²) in [5.41, 5.74) is 5.33. The number of amides is 2. The van der Waals surface area contributed by atoms with Gasteiger partial charge >= 0.3 is 0 Å². The van der Waals surface area contributed by atoms with Crippen LogP contribution < -0.4 is 10.5 Å². The maximum Gasteiger partial charge on any atom is 0.263 e. The quantitative estimate of drug-likeness (QED) is 0.911. The Morgan fingerprint density at radius 2 is 2.14 bits per heavy atom. The number of rotatable bonds is 4. The van der Waals surface area contributed by atoms with Crippen molar-refractivity contribution < 1.29 is 14.3 Å². The SMILES string of the molecule is CC(Oc1ccc(Cl)cc1Cl)C(=O)N1CCCC(C(N)=O)C1. The number of ether oxygens (including phenoxy) is 1. The highest BCUT2D eigenvalue weighted by Crippen LogP contribution is 2.28. The normalized spacial score (nSPS) is 19.6. The van der Waals surface area contributed by atoms with Crippen LogP contribution in [0.5, 0.6) is 5.75 Å². The van der Waals surface area contributed by atoms with E-state index in [4.69, 9.17) is 33.7 Å². The first kappa shape index (κ1) is 16.9. The summed E-state index contributed by atoms with van der Waals surface area (Å²) >= 11 is 11.9. The van der Waals surface area contributed by atoms with Crippen molar-refractivity contribution in [3.05, 3.63) is 28.2 Å². The Balaban J connectivity index is 2.01. The van der Waals surface area contributed by atoms with E-state index >= 15 is 0 Å². The minimum absolute atomic E-state index is 0.183. The molecule has 2 atom stereocenters. The van der Waals surface area contributed by atoms with Gasteiger partial charge in [-0.05, 0) is 38.0 Å². The average molecular weight is 345 g/mol. The molecular weight excluding hydrogens is 327 g/mol. The van der Waals surface area contributed by atoms with Crippen molar-refractivity contribution >= 4 is 35.0 Å². The van der Waals surface area contributed by atoms with Gasteiger partial charge in [0, 0.05) is 18.1 Å². The number of benzene rings is 1. The summed E-state index contributed by atoms with van der Waals surface area (Å²) in [5, 5.41) is 0.845. The van der Waals surface area contributed by atoms with E-state index < -0.39 is 6.10 Å². The second kappa shape index (κ2) is 7.20. The molecule has 1 heterocycles. The van der Waals surface area contributed by atoms with E-state index in [-0.39, 0.29) is 17.7 Å². The third-order valence-corrected chi connectivity index (χ3v) is 4.21. The summed E-state index contributed by atoms with van der Waals surface area (Å²) in [4.78, 5) is 25.3. The van der Waals surface area contributed by atoms with Crippen molar-refractivity contribution in [3.63, 3.8) is 0 Å². The van der Waals surface area contributed by atoms with Crippen LogP contribution in [0.2, 0.25) is 10.0 Å². The van der Waals surface area contributed by atoms with Gasteiger partial charge in [-0.25, -0.2) is 0 Å². The van der Waals surface area contributed by atoms with Gasteiger partial charge in [-0.3, -0.25) is 9.59 Å². The number of nitrogens with zero attached hydrogens (tertiary/aromatic N) is 1. The topological polar surface area (TPSA) is 72.6 Å². The van der Waals surface area contributed by atoms with Crippen LogP contribution in [0, 0.1) is 5.92 Å². The molecule has 0 aromatic heterocycles. The minimum Gasteiger partial charge on any atom is -0.479 e. The molecule has 2 N–H and O–H groups in total. The van der Waals surface area contributed by atoms with Crippen LogP contribution in [-0.2, 0) is 9.59 Å². The molecular formula is C15H18Cl2N2O3. The Morgan fingerprint density at radius 3 is 2.77 bits per heavy atom. The van der Waals surface area contributed by atoms with Crippen molar-refractivity contribution in [1.82, 2.24) is 4.90 Å². The van der Waals surface area contributed by atoms with Crippen molar-refractivity contribution in [1.29, 1.82) is 0 Å². The van der Waals surface area contributed by atoms with Crippen LogP contribution in [0.4, 0.5) is 0 Å². The predicted octanol–water partition coefficient (Wildman–Crippen LogP) is 2.48. The van der Waals surface area contributed by atoms with Crippen molar-refractivity contribution in [3.8, 4) is 5.75 Å². The summed E-state index contributed by atoms with van der Waals surface area (Å²) in [7, 11) is 0. The Morgan fingerprint density at radius 1 is 1.41 bits per heavy atom. The lowest BCUT2D eigenvalue weighted by molar-refractivity contribution is -0.141. The Hall–Kier alpha value is -1.46. The van der Waals surface area contributed by atoms with Crippen LogP contribution >= 0.6 is 23.2 Å². The van der Waals surface area contributed by atoms with E-state index in [0.717, 1.165) is 12.8 Å². The molecule has 2 rings (SSSR count). The summed E-state index contributed by atoms with van der Waals surface area (Å²) < 4.78 is 5.61. The van der Waals surface area contributed by atoms with Gasteiger partial charge in [-0.1, -0.05) is 23.2 Å². The van der Waals surface area contributed by atoms with Gasteiger partial charge in [-0.2, -0.15) is 0 Å². The molecule has 5 nitrogen and oxygen atoms in total. The van der Waals surface area contributed by atoms with Gasteiger partial charge in [0.15, 0.2) is 6.10 Å². The first-order chi connectivity index (χ1) is 10.4. The monoisotopic (exact) mass is 344 g/mol. The lowest BCUT2D eigenvalue weighted by Crippen LogP contribution is -2.48. The molecule has 7 heteroatoms. The number of primary amides is 1. The summed E-state index contributed by atoms with van der Waals surface area (Å²) in [5.74, 6) is -0.441. The Bertz CT molecular complexity index is 580. The third kappa shape index (κ3) is 4.05. The highest BCUT2D eigenvalue weighted by Gasteiger charge is 2.30. The molecule has 0 bridgehead atoms. The molecule has 2 amide bonds. The maximum absolute atomic E-state index is 12.4. The largest absolute Gasteiger partial charge is 0.479 e. The fraction of sp³-hybridized carbons (Fsp3) is 0.467. The van der Waals surface area contributed by atoms with E-state index in [1.165, 1.54) is 0 Å². The highest BCUT2D eigenvalue weighted by atomic mass is 35.5. The number of carbonyl (C=O) groups excluding carboxylic acids is 2. The first-order valence-electron chi connectivity index (χ1n) is 7.08. The average Bonchev–Trinajstić information content (AvgIpc) is 2.49. The standard InChI is InChI=1S/C15H18Cl2N2O3/c1-9(22-13-5-4-11(16)7-12(13)17)15(21)19-6-2-3-10(8-19)14(18)20/h4-5,7,9-10H,2-3,6,8H2,1H3,(H2,18,20). The molecule has 0 radical (unpaired) electrons. The summed E-state index contributed by atoms with van der Waals surface area (Å²) in [6, 6.07) is 4.82. The zero-order valence-corrected chi connectivity index (χ0v) is 13.7. The molecule has 1 aliphatic rings. The van der Waals surface area contributed by atoms with Gasteiger partial charge in [0.1, 0.15) is 5.75 Å². The molecule has 1 saturated heterocycles. The van der Waals surface area contributed by atoms with Gasteiger partial charge in [0.2, 0.25) is 5.91 Å².